The molecule has 1 aliphatic rings. The van der Waals surface area contributed by atoms with Gasteiger partial charge in [0.2, 0.25) is 5.95 Å². The van der Waals surface area contributed by atoms with Crippen LogP contribution in [0.3, 0.4) is 0 Å². The number of morpholine rings is 1. The van der Waals surface area contributed by atoms with Crippen LogP contribution in [0.15, 0.2) is 36.7 Å². The summed E-state index contributed by atoms with van der Waals surface area (Å²) in [5, 5.41) is 7.90. The number of aromatic nitrogens is 6. The number of nitrogens with zero attached hydrogens (tertiary/aromatic N) is 6. The first-order chi connectivity index (χ1) is 12.9. The summed E-state index contributed by atoms with van der Waals surface area (Å²) >= 11 is 0. The number of benzene rings is 1. The van der Waals surface area contributed by atoms with Gasteiger partial charge in [-0.25, -0.2) is 14.5 Å². The molecule has 4 aromatic rings. The van der Waals surface area contributed by atoms with E-state index in [2.05, 4.69) is 35.3 Å². The molecular formula is C17H18N8O. The van der Waals surface area contributed by atoms with Crippen LogP contribution < -0.4 is 10.2 Å². The molecule has 9 nitrogen and oxygen atoms in total. The summed E-state index contributed by atoms with van der Waals surface area (Å²) in [5.74, 6) is 2.21. The van der Waals surface area contributed by atoms with Crippen molar-refractivity contribution in [3.63, 3.8) is 0 Å². The standard InChI is InChI=1S/C17H18N8O/c1-2-4-13-12(3-1)20-14(21-13)11-19-15-16-18-5-6-25(16)23-17(22-15)24-7-9-26-10-8-24/h1-6H,7-11H2,(H,20,21)(H,19,22,23). The molecule has 0 spiro atoms. The van der Waals surface area contributed by atoms with Crippen molar-refractivity contribution in [3.8, 4) is 0 Å². The van der Waals surface area contributed by atoms with Crippen molar-refractivity contribution in [3.05, 3.63) is 42.5 Å². The maximum atomic E-state index is 5.41. The molecule has 26 heavy (non-hydrogen) atoms. The topological polar surface area (TPSA) is 96.3 Å². The van der Waals surface area contributed by atoms with Gasteiger partial charge < -0.3 is 19.9 Å². The smallest absolute Gasteiger partial charge is 0.245 e. The molecule has 0 aliphatic carbocycles. The molecule has 1 aromatic carbocycles. The highest BCUT2D eigenvalue weighted by atomic mass is 16.5. The first kappa shape index (κ1) is 15.1. The third-order valence-corrected chi connectivity index (χ3v) is 4.40. The Hall–Kier alpha value is -3.20. The molecule has 1 fully saturated rings. The minimum Gasteiger partial charge on any atom is -0.378 e. The lowest BCUT2D eigenvalue weighted by Crippen LogP contribution is -2.37. The Labute approximate surface area is 149 Å². The molecular weight excluding hydrogens is 332 g/mol. The van der Waals surface area contributed by atoms with Crippen LogP contribution in [0.1, 0.15) is 5.82 Å². The van der Waals surface area contributed by atoms with E-state index in [0.29, 0.717) is 37.2 Å². The predicted molar refractivity (Wildman–Crippen MR) is 97.2 cm³/mol. The summed E-state index contributed by atoms with van der Waals surface area (Å²) < 4.78 is 7.16. The zero-order valence-electron chi connectivity index (χ0n) is 14.1. The van der Waals surface area contributed by atoms with E-state index in [-0.39, 0.29) is 0 Å². The molecule has 1 saturated heterocycles. The first-order valence-electron chi connectivity index (χ1n) is 8.58. The van der Waals surface area contributed by atoms with Crippen LogP contribution >= 0.6 is 0 Å². The van der Waals surface area contributed by atoms with Gasteiger partial charge in [0.15, 0.2) is 11.5 Å². The average Bonchev–Trinajstić information content (AvgIpc) is 3.33. The molecule has 1 aliphatic heterocycles. The minimum absolute atomic E-state index is 0.525. The van der Waals surface area contributed by atoms with Gasteiger partial charge in [0, 0.05) is 25.5 Å². The van der Waals surface area contributed by atoms with Crippen molar-refractivity contribution in [2.45, 2.75) is 6.54 Å². The van der Waals surface area contributed by atoms with Crippen LogP contribution in [0.25, 0.3) is 16.7 Å². The fourth-order valence-corrected chi connectivity index (χ4v) is 3.09. The summed E-state index contributed by atoms with van der Waals surface area (Å²) in [7, 11) is 0. The van der Waals surface area contributed by atoms with E-state index in [1.165, 1.54) is 0 Å². The molecule has 0 atom stereocenters. The quantitative estimate of drug-likeness (QED) is 0.575. The Bertz CT molecular complexity index is 1020. The normalized spacial score (nSPS) is 15.0. The van der Waals surface area contributed by atoms with E-state index < -0.39 is 0 Å². The van der Waals surface area contributed by atoms with E-state index in [0.717, 1.165) is 29.9 Å². The number of rotatable bonds is 4. The van der Waals surface area contributed by atoms with E-state index >= 15 is 0 Å². The Morgan fingerprint density at radius 1 is 1.15 bits per heavy atom. The van der Waals surface area contributed by atoms with Gasteiger partial charge in [0.25, 0.3) is 0 Å². The Morgan fingerprint density at radius 3 is 2.92 bits per heavy atom. The number of ether oxygens (including phenoxy) is 1. The average molecular weight is 350 g/mol. The largest absolute Gasteiger partial charge is 0.378 e. The van der Waals surface area contributed by atoms with Crippen molar-refractivity contribution in [1.82, 2.24) is 29.5 Å². The number of anilines is 2. The van der Waals surface area contributed by atoms with Crippen LogP contribution in [0.4, 0.5) is 11.8 Å². The number of aromatic amines is 1. The zero-order chi connectivity index (χ0) is 17.3. The predicted octanol–water partition coefficient (Wildman–Crippen LogP) is 1.45. The number of para-hydroxylation sites is 2. The van der Waals surface area contributed by atoms with Crippen LogP contribution in [0.5, 0.6) is 0 Å². The highest BCUT2D eigenvalue weighted by Crippen LogP contribution is 2.18. The van der Waals surface area contributed by atoms with Gasteiger partial charge in [-0.3, -0.25) is 0 Å². The molecule has 0 saturated carbocycles. The van der Waals surface area contributed by atoms with Gasteiger partial charge in [0.05, 0.1) is 30.8 Å². The molecule has 0 unspecified atom stereocenters. The van der Waals surface area contributed by atoms with Gasteiger partial charge in [0.1, 0.15) is 5.82 Å². The highest BCUT2D eigenvalue weighted by Gasteiger charge is 2.17. The van der Waals surface area contributed by atoms with Gasteiger partial charge in [-0.05, 0) is 12.1 Å². The fraction of sp³-hybridized carbons (Fsp3) is 0.294. The van der Waals surface area contributed by atoms with Crippen molar-refractivity contribution < 1.29 is 4.74 Å². The van der Waals surface area contributed by atoms with Crippen LogP contribution in [0, 0.1) is 0 Å². The summed E-state index contributed by atoms with van der Waals surface area (Å²) in [6.45, 7) is 3.46. The van der Waals surface area contributed by atoms with Crippen LogP contribution in [-0.2, 0) is 11.3 Å². The minimum atomic E-state index is 0.525. The fourth-order valence-electron chi connectivity index (χ4n) is 3.09. The number of nitrogens with one attached hydrogen (secondary N) is 2. The summed E-state index contributed by atoms with van der Waals surface area (Å²) in [5.41, 5.74) is 2.66. The Kier molecular flexibility index (Phi) is 3.64. The van der Waals surface area contributed by atoms with E-state index in [9.17, 15) is 0 Å². The second-order valence-corrected chi connectivity index (χ2v) is 6.11. The monoisotopic (exact) mass is 350 g/mol. The van der Waals surface area contributed by atoms with Gasteiger partial charge in [-0.2, -0.15) is 4.98 Å². The van der Waals surface area contributed by atoms with E-state index in [1.807, 2.05) is 30.5 Å². The van der Waals surface area contributed by atoms with Gasteiger partial charge in [-0.1, -0.05) is 12.1 Å². The third-order valence-electron chi connectivity index (χ3n) is 4.40. The van der Waals surface area contributed by atoms with Crippen molar-refractivity contribution in [1.29, 1.82) is 0 Å². The van der Waals surface area contributed by atoms with E-state index in [1.54, 1.807) is 10.7 Å². The number of H-pyrrole nitrogens is 1. The molecule has 4 heterocycles. The molecule has 132 valence electrons. The summed E-state index contributed by atoms with van der Waals surface area (Å²) in [6.07, 6.45) is 3.55. The number of hydrogen-bond donors (Lipinski definition) is 2. The zero-order valence-corrected chi connectivity index (χ0v) is 14.1. The Balaban J connectivity index is 1.44. The van der Waals surface area contributed by atoms with Crippen molar-refractivity contribution >= 4 is 28.4 Å². The molecule has 0 bridgehead atoms. The second-order valence-electron chi connectivity index (χ2n) is 6.11. The summed E-state index contributed by atoms with van der Waals surface area (Å²) in [4.78, 5) is 19.1. The maximum Gasteiger partial charge on any atom is 0.245 e. The maximum absolute atomic E-state index is 5.41. The summed E-state index contributed by atoms with van der Waals surface area (Å²) in [6, 6.07) is 7.97. The molecule has 0 radical (unpaired) electrons. The molecule has 5 rings (SSSR count). The third kappa shape index (κ3) is 2.72. The second kappa shape index (κ2) is 6.26. The van der Waals surface area contributed by atoms with Crippen molar-refractivity contribution in [2.24, 2.45) is 0 Å². The molecule has 3 aromatic heterocycles. The lowest BCUT2D eigenvalue weighted by atomic mass is 10.3. The lowest BCUT2D eigenvalue weighted by molar-refractivity contribution is 0.122. The lowest BCUT2D eigenvalue weighted by Gasteiger charge is -2.26. The Morgan fingerprint density at radius 2 is 2.04 bits per heavy atom. The molecule has 0 amide bonds. The van der Waals surface area contributed by atoms with Crippen molar-refractivity contribution in [2.75, 3.05) is 36.5 Å². The van der Waals surface area contributed by atoms with E-state index in [4.69, 9.17) is 4.74 Å². The number of fused-ring (bicyclic) bond motifs is 2. The van der Waals surface area contributed by atoms with Gasteiger partial charge >= 0.3 is 0 Å². The highest BCUT2D eigenvalue weighted by molar-refractivity contribution is 5.74. The first-order valence-corrected chi connectivity index (χ1v) is 8.58. The van der Waals surface area contributed by atoms with Crippen LogP contribution in [-0.4, -0.2) is 55.9 Å². The van der Waals surface area contributed by atoms with Crippen LogP contribution in [0.2, 0.25) is 0 Å². The molecule has 9 heteroatoms. The number of hydrogen-bond acceptors (Lipinski definition) is 7. The number of imidazole rings is 2. The SMILES string of the molecule is c1ccc2[nH]c(CNc3nc(N4CCOCC4)nn4ccnc34)nc2c1. The molecule has 2 N–H and O–H groups in total. The van der Waals surface area contributed by atoms with Gasteiger partial charge in [-0.15, -0.1) is 5.10 Å².